The number of thioether (sulfide) groups is 1. The van der Waals surface area contributed by atoms with E-state index in [2.05, 4.69) is 4.74 Å². The van der Waals surface area contributed by atoms with E-state index in [1.165, 1.54) is 6.07 Å². The van der Waals surface area contributed by atoms with Crippen LogP contribution in [-0.2, 0) is 11.2 Å². The second kappa shape index (κ2) is 12.7. The Bertz CT molecular complexity index is 1230. The Labute approximate surface area is 217 Å². The van der Waals surface area contributed by atoms with Crippen molar-refractivity contribution in [2.24, 2.45) is 0 Å². The minimum atomic E-state index is -4.88. The molecule has 0 aromatic heterocycles. The van der Waals surface area contributed by atoms with Crippen molar-refractivity contribution in [2.75, 3.05) is 5.75 Å². The SMILES string of the molecule is Cc1cc(SCCC(C)Oc2ccc(OC(F)(F)F)cc2C(=O)c2ccccc2)ccc1CCC(=O)O. The topological polar surface area (TPSA) is 72.8 Å². The fourth-order valence-electron chi connectivity index (χ4n) is 3.63. The molecule has 0 heterocycles. The minimum Gasteiger partial charge on any atom is -0.490 e. The maximum Gasteiger partial charge on any atom is 0.573 e. The Kier molecular flexibility index (Phi) is 9.63. The van der Waals surface area contributed by atoms with Gasteiger partial charge in [0.25, 0.3) is 0 Å². The van der Waals surface area contributed by atoms with Gasteiger partial charge in [-0.1, -0.05) is 36.4 Å². The molecule has 0 spiro atoms. The second-order valence-corrected chi connectivity index (χ2v) is 9.62. The number of alkyl halides is 3. The first-order valence-corrected chi connectivity index (χ1v) is 12.6. The lowest BCUT2D eigenvalue weighted by atomic mass is 10.0. The molecule has 0 fully saturated rings. The van der Waals surface area contributed by atoms with Crippen LogP contribution in [0, 0.1) is 6.92 Å². The Morgan fingerprint density at radius 2 is 1.76 bits per heavy atom. The van der Waals surface area contributed by atoms with E-state index in [9.17, 15) is 22.8 Å². The Balaban J connectivity index is 1.66. The summed E-state index contributed by atoms with van der Waals surface area (Å²) in [5, 5.41) is 8.87. The van der Waals surface area contributed by atoms with Crippen LogP contribution < -0.4 is 9.47 Å². The summed E-state index contributed by atoms with van der Waals surface area (Å²) in [5.74, 6) is -0.915. The van der Waals surface area contributed by atoms with Crippen molar-refractivity contribution < 1.29 is 37.3 Å². The predicted octanol–water partition coefficient (Wildman–Crippen LogP) is 7.09. The van der Waals surface area contributed by atoms with E-state index in [-0.39, 0.29) is 23.8 Å². The first-order valence-electron chi connectivity index (χ1n) is 11.6. The third-order valence-corrected chi connectivity index (χ3v) is 6.54. The van der Waals surface area contributed by atoms with E-state index >= 15 is 0 Å². The molecule has 0 radical (unpaired) electrons. The lowest BCUT2D eigenvalue weighted by Gasteiger charge is -2.18. The monoisotopic (exact) mass is 532 g/mol. The fraction of sp³-hybridized carbons (Fsp3) is 0.286. The first-order chi connectivity index (χ1) is 17.5. The van der Waals surface area contributed by atoms with Crippen molar-refractivity contribution >= 4 is 23.5 Å². The number of halogens is 3. The van der Waals surface area contributed by atoms with Crippen LogP contribution in [0.2, 0.25) is 0 Å². The highest BCUT2D eigenvalue weighted by Gasteiger charge is 2.32. The molecule has 1 N–H and O–H groups in total. The minimum absolute atomic E-state index is 0.0139. The normalized spacial score (nSPS) is 12.1. The molecule has 37 heavy (non-hydrogen) atoms. The molecule has 9 heteroatoms. The highest BCUT2D eigenvalue weighted by atomic mass is 32.2. The van der Waals surface area contributed by atoms with Crippen LogP contribution in [0.1, 0.15) is 46.8 Å². The summed E-state index contributed by atoms with van der Waals surface area (Å²) in [6.45, 7) is 3.78. The average molecular weight is 533 g/mol. The Hall–Kier alpha value is -3.46. The van der Waals surface area contributed by atoms with Crippen molar-refractivity contribution in [1.82, 2.24) is 0 Å². The van der Waals surface area contributed by atoms with Crippen molar-refractivity contribution in [3.63, 3.8) is 0 Å². The van der Waals surface area contributed by atoms with Gasteiger partial charge < -0.3 is 14.6 Å². The average Bonchev–Trinajstić information content (AvgIpc) is 2.83. The zero-order valence-corrected chi connectivity index (χ0v) is 21.2. The molecule has 3 aromatic carbocycles. The molecular weight excluding hydrogens is 505 g/mol. The van der Waals surface area contributed by atoms with Crippen molar-refractivity contribution in [2.45, 2.75) is 50.5 Å². The van der Waals surface area contributed by atoms with Gasteiger partial charge in [-0.25, -0.2) is 0 Å². The molecule has 0 aliphatic carbocycles. The summed E-state index contributed by atoms with van der Waals surface area (Å²) in [4.78, 5) is 24.9. The number of carboxylic acid groups (broad SMARTS) is 1. The van der Waals surface area contributed by atoms with E-state index in [0.29, 0.717) is 24.2 Å². The fourth-order valence-corrected chi connectivity index (χ4v) is 4.74. The van der Waals surface area contributed by atoms with Crippen molar-refractivity contribution in [1.29, 1.82) is 0 Å². The summed E-state index contributed by atoms with van der Waals surface area (Å²) in [6, 6.07) is 17.6. The molecule has 0 saturated carbocycles. The van der Waals surface area contributed by atoms with Gasteiger partial charge in [0.05, 0.1) is 11.7 Å². The zero-order valence-electron chi connectivity index (χ0n) is 20.4. The highest BCUT2D eigenvalue weighted by molar-refractivity contribution is 7.99. The number of aryl methyl sites for hydroxylation is 2. The number of hydrogen-bond acceptors (Lipinski definition) is 5. The summed E-state index contributed by atoms with van der Waals surface area (Å²) in [6.07, 6.45) is -4.02. The summed E-state index contributed by atoms with van der Waals surface area (Å²) < 4.78 is 48.2. The lowest BCUT2D eigenvalue weighted by Crippen LogP contribution is -2.18. The predicted molar refractivity (Wildman–Crippen MR) is 136 cm³/mol. The molecule has 3 aromatic rings. The molecular formula is C28H27F3O5S. The molecule has 1 unspecified atom stereocenters. The van der Waals surface area contributed by atoms with Gasteiger partial charge in [-0.05, 0) is 68.1 Å². The largest absolute Gasteiger partial charge is 0.573 e. The van der Waals surface area contributed by atoms with Gasteiger partial charge in [0.2, 0.25) is 0 Å². The van der Waals surface area contributed by atoms with Crippen molar-refractivity contribution in [3.05, 3.63) is 89.0 Å². The van der Waals surface area contributed by atoms with Crippen LogP contribution in [0.5, 0.6) is 11.5 Å². The molecule has 0 saturated heterocycles. The lowest BCUT2D eigenvalue weighted by molar-refractivity contribution is -0.274. The number of carbonyl (C=O) groups excluding carboxylic acids is 1. The number of aliphatic carboxylic acids is 1. The van der Waals surface area contributed by atoms with Gasteiger partial charge in [-0.15, -0.1) is 24.9 Å². The Morgan fingerprint density at radius 1 is 1.03 bits per heavy atom. The van der Waals surface area contributed by atoms with Gasteiger partial charge in [0, 0.05) is 22.6 Å². The highest BCUT2D eigenvalue weighted by Crippen LogP contribution is 2.31. The van der Waals surface area contributed by atoms with E-state index < -0.39 is 23.9 Å². The molecule has 3 rings (SSSR count). The number of ether oxygens (including phenoxy) is 2. The third-order valence-electron chi connectivity index (χ3n) is 5.51. The molecule has 5 nitrogen and oxygen atoms in total. The van der Waals surface area contributed by atoms with Crippen molar-refractivity contribution in [3.8, 4) is 11.5 Å². The number of rotatable bonds is 12. The van der Waals surface area contributed by atoms with Crippen LogP contribution in [0.15, 0.2) is 71.6 Å². The number of ketones is 1. The van der Waals surface area contributed by atoms with Crippen LogP contribution in [0.3, 0.4) is 0 Å². The van der Waals surface area contributed by atoms with Gasteiger partial charge in [0.15, 0.2) is 5.78 Å². The number of benzene rings is 3. The van der Waals surface area contributed by atoms with E-state index in [1.807, 2.05) is 32.0 Å². The van der Waals surface area contributed by atoms with Crippen LogP contribution in [-0.4, -0.2) is 35.1 Å². The summed E-state index contributed by atoms with van der Waals surface area (Å²) in [7, 11) is 0. The summed E-state index contributed by atoms with van der Waals surface area (Å²) in [5.41, 5.74) is 2.33. The second-order valence-electron chi connectivity index (χ2n) is 8.45. The molecule has 0 amide bonds. The van der Waals surface area contributed by atoms with Crippen LogP contribution in [0.4, 0.5) is 13.2 Å². The van der Waals surface area contributed by atoms with E-state index in [4.69, 9.17) is 9.84 Å². The quantitative estimate of drug-likeness (QED) is 0.198. The maximum absolute atomic E-state index is 13.1. The third kappa shape index (κ3) is 8.86. The van der Waals surface area contributed by atoms with E-state index in [1.54, 1.807) is 42.1 Å². The van der Waals surface area contributed by atoms with Gasteiger partial charge in [-0.2, -0.15) is 0 Å². The summed E-state index contributed by atoms with van der Waals surface area (Å²) >= 11 is 1.61. The number of carboxylic acids is 1. The van der Waals surface area contributed by atoms with Gasteiger partial charge in [0.1, 0.15) is 11.5 Å². The number of carbonyl (C=O) groups is 2. The smallest absolute Gasteiger partial charge is 0.490 e. The standard InChI is InChI=1S/C28H27F3O5S/c1-18-16-23(11-8-20(18)9-13-26(32)33)37-15-14-19(2)35-25-12-10-22(36-28(29,30)31)17-24(25)27(34)21-6-4-3-5-7-21/h3-8,10-12,16-17,19H,9,13-15H2,1-2H3,(H,32,33). The van der Waals surface area contributed by atoms with Crippen LogP contribution >= 0.6 is 11.8 Å². The van der Waals surface area contributed by atoms with Gasteiger partial charge >= 0.3 is 12.3 Å². The molecule has 0 aliphatic heterocycles. The van der Waals surface area contributed by atoms with E-state index in [0.717, 1.165) is 28.2 Å². The maximum atomic E-state index is 13.1. The number of hydrogen-bond donors (Lipinski definition) is 1. The molecule has 0 aliphatic rings. The van der Waals surface area contributed by atoms with Crippen LogP contribution in [0.25, 0.3) is 0 Å². The zero-order chi connectivity index (χ0) is 27.0. The molecule has 1 atom stereocenters. The van der Waals surface area contributed by atoms with Gasteiger partial charge in [-0.3, -0.25) is 9.59 Å². The molecule has 196 valence electrons. The molecule has 0 bridgehead atoms. The first kappa shape index (κ1) is 28.1. The Morgan fingerprint density at radius 3 is 2.41 bits per heavy atom.